The van der Waals surface area contributed by atoms with Crippen LogP contribution in [-0.4, -0.2) is 30.8 Å². The molecule has 1 atom stereocenters. The van der Waals surface area contributed by atoms with Gasteiger partial charge in [0.2, 0.25) is 0 Å². The van der Waals surface area contributed by atoms with Crippen molar-refractivity contribution in [2.45, 2.75) is 13.0 Å². The summed E-state index contributed by atoms with van der Waals surface area (Å²) < 4.78 is 4.98. The van der Waals surface area contributed by atoms with Crippen LogP contribution in [0.3, 0.4) is 0 Å². The fourth-order valence-electron chi connectivity index (χ4n) is 1.10. The van der Waals surface area contributed by atoms with Gasteiger partial charge in [-0.15, -0.1) is 0 Å². The van der Waals surface area contributed by atoms with Gasteiger partial charge in [0.1, 0.15) is 5.75 Å². The molecular formula is C11H15NO3. The fourth-order valence-corrected chi connectivity index (χ4v) is 1.10. The van der Waals surface area contributed by atoms with Gasteiger partial charge >= 0.3 is 0 Å². The van der Waals surface area contributed by atoms with Gasteiger partial charge < -0.3 is 15.2 Å². The predicted molar refractivity (Wildman–Crippen MR) is 57.0 cm³/mol. The highest BCUT2D eigenvalue weighted by molar-refractivity contribution is 5.94. The van der Waals surface area contributed by atoms with Crippen LogP contribution in [0.25, 0.3) is 0 Å². The van der Waals surface area contributed by atoms with E-state index >= 15 is 0 Å². The monoisotopic (exact) mass is 209 g/mol. The van der Waals surface area contributed by atoms with E-state index in [2.05, 4.69) is 5.32 Å². The van der Waals surface area contributed by atoms with Crippen LogP contribution >= 0.6 is 0 Å². The summed E-state index contributed by atoms with van der Waals surface area (Å²) in [6, 6.07) is 6.56. The number of rotatable bonds is 4. The molecule has 4 heteroatoms. The summed E-state index contributed by atoms with van der Waals surface area (Å²) in [4.78, 5) is 11.6. The second-order valence-electron chi connectivity index (χ2n) is 3.29. The molecule has 82 valence electrons. The molecule has 0 bridgehead atoms. The molecule has 1 amide bonds. The normalized spacial score (nSPS) is 11.9. The number of hydrogen-bond donors (Lipinski definition) is 2. The molecule has 1 aromatic carbocycles. The average molecular weight is 209 g/mol. The summed E-state index contributed by atoms with van der Waals surface area (Å²) in [5.74, 6) is 0.515. The van der Waals surface area contributed by atoms with Gasteiger partial charge in [-0.1, -0.05) is 0 Å². The first kappa shape index (κ1) is 11.5. The summed E-state index contributed by atoms with van der Waals surface area (Å²) in [6.07, 6.45) is 0. The molecule has 2 N–H and O–H groups in total. The largest absolute Gasteiger partial charge is 0.497 e. The first-order valence-corrected chi connectivity index (χ1v) is 4.73. The number of hydrogen-bond acceptors (Lipinski definition) is 3. The minimum absolute atomic E-state index is 0.0676. The van der Waals surface area contributed by atoms with E-state index in [1.807, 2.05) is 0 Å². The van der Waals surface area contributed by atoms with E-state index in [1.54, 1.807) is 38.3 Å². The lowest BCUT2D eigenvalue weighted by Gasteiger charge is -2.10. The fraction of sp³-hybridized carbons (Fsp3) is 0.364. The van der Waals surface area contributed by atoms with E-state index < -0.39 is 0 Å². The number of nitrogens with one attached hydrogen (secondary N) is 1. The molecule has 0 aliphatic heterocycles. The van der Waals surface area contributed by atoms with Crippen molar-refractivity contribution in [2.24, 2.45) is 0 Å². The van der Waals surface area contributed by atoms with Gasteiger partial charge in [0.25, 0.3) is 5.91 Å². The third-order valence-corrected chi connectivity index (χ3v) is 2.00. The van der Waals surface area contributed by atoms with E-state index in [0.717, 1.165) is 0 Å². The van der Waals surface area contributed by atoms with Crippen LogP contribution in [-0.2, 0) is 0 Å². The second-order valence-corrected chi connectivity index (χ2v) is 3.29. The zero-order valence-corrected chi connectivity index (χ0v) is 8.86. The number of methoxy groups -OCH3 is 1. The van der Waals surface area contributed by atoms with Crippen LogP contribution in [0, 0.1) is 0 Å². The number of amides is 1. The number of aliphatic hydroxyl groups is 1. The molecule has 15 heavy (non-hydrogen) atoms. The number of ether oxygens (including phenoxy) is 1. The highest BCUT2D eigenvalue weighted by atomic mass is 16.5. The van der Waals surface area contributed by atoms with Crippen molar-refractivity contribution in [3.8, 4) is 5.75 Å². The highest BCUT2D eigenvalue weighted by Crippen LogP contribution is 2.11. The quantitative estimate of drug-likeness (QED) is 0.771. The Balaban J connectivity index is 2.66. The molecule has 4 nitrogen and oxygen atoms in total. The second kappa shape index (κ2) is 5.36. The Morgan fingerprint density at radius 1 is 1.47 bits per heavy atom. The molecule has 0 aliphatic rings. The van der Waals surface area contributed by atoms with Gasteiger partial charge in [-0.05, 0) is 31.2 Å². The summed E-state index contributed by atoms with van der Waals surface area (Å²) in [5, 5.41) is 11.4. The maximum Gasteiger partial charge on any atom is 0.251 e. The van der Waals surface area contributed by atoms with Crippen LogP contribution in [0.5, 0.6) is 5.75 Å². The van der Waals surface area contributed by atoms with Crippen molar-refractivity contribution < 1.29 is 14.6 Å². The maximum absolute atomic E-state index is 11.6. The Morgan fingerprint density at radius 2 is 2.07 bits per heavy atom. The van der Waals surface area contributed by atoms with E-state index in [-0.39, 0.29) is 18.6 Å². The van der Waals surface area contributed by atoms with Gasteiger partial charge in [-0.3, -0.25) is 4.79 Å². The molecule has 1 rings (SSSR count). The van der Waals surface area contributed by atoms with E-state index in [0.29, 0.717) is 11.3 Å². The zero-order chi connectivity index (χ0) is 11.3. The van der Waals surface area contributed by atoms with Crippen LogP contribution < -0.4 is 10.1 Å². The lowest BCUT2D eigenvalue weighted by Crippen LogP contribution is -2.34. The number of carbonyl (C=O) groups is 1. The Labute approximate surface area is 88.9 Å². The van der Waals surface area contributed by atoms with Crippen molar-refractivity contribution in [3.63, 3.8) is 0 Å². The SMILES string of the molecule is COc1ccc(C(=O)NC(C)CO)cc1. The minimum Gasteiger partial charge on any atom is -0.497 e. The van der Waals surface area contributed by atoms with Crippen LogP contribution in [0.1, 0.15) is 17.3 Å². The van der Waals surface area contributed by atoms with Crippen molar-refractivity contribution in [3.05, 3.63) is 29.8 Å². The summed E-state index contributed by atoms with van der Waals surface area (Å²) >= 11 is 0. The lowest BCUT2D eigenvalue weighted by molar-refractivity contribution is 0.0922. The predicted octanol–water partition coefficient (Wildman–Crippen LogP) is 0.806. The van der Waals surface area contributed by atoms with Gasteiger partial charge in [0.15, 0.2) is 0 Å². The molecule has 0 heterocycles. The zero-order valence-electron chi connectivity index (χ0n) is 8.86. The standard InChI is InChI=1S/C11H15NO3/c1-8(7-13)12-11(14)9-3-5-10(15-2)6-4-9/h3-6,8,13H,7H2,1-2H3,(H,12,14). The molecule has 0 aliphatic carbocycles. The smallest absolute Gasteiger partial charge is 0.251 e. The van der Waals surface area contributed by atoms with Gasteiger partial charge in [-0.2, -0.15) is 0 Å². The molecule has 1 unspecified atom stereocenters. The van der Waals surface area contributed by atoms with E-state index in [4.69, 9.17) is 9.84 Å². The summed E-state index contributed by atoms with van der Waals surface area (Å²) in [5.41, 5.74) is 0.552. The first-order chi connectivity index (χ1) is 7.17. The van der Waals surface area contributed by atoms with Crippen LogP contribution in [0.2, 0.25) is 0 Å². The van der Waals surface area contributed by atoms with Gasteiger partial charge in [0.05, 0.1) is 13.7 Å². The Hall–Kier alpha value is -1.55. The third-order valence-electron chi connectivity index (χ3n) is 2.00. The minimum atomic E-state index is -0.236. The summed E-state index contributed by atoms with van der Waals surface area (Å²) in [7, 11) is 1.57. The maximum atomic E-state index is 11.6. The molecule has 0 saturated heterocycles. The van der Waals surface area contributed by atoms with Crippen molar-refractivity contribution in [1.29, 1.82) is 0 Å². The Kier molecular flexibility index (Phi) is 4.12. The van der Waals surface area contributed by atoms with Crippen molar-refractivity contribution in [2.75, 3.05) is 13.7 Å². The molecule has 0 spiro atoms. The number of carbonyl (C=O) groups excluding carboxylic acids is 1. The molecule has 0 saturated carbocycles. The summed E-state index contributed by atoms with van der Waals surface area (Å²) in [6.45, 7) is 1.67. The van der Waals surface area contributed by atoms with Crippen molar-refractivity contribution >= 4 is 5.91 Å². The first-order valence-electron chi connectivity index (χ1n) is 4.73. The van der Waals surface area contributed by atoms with Crippen molar-refractivity contribution in [1.82, 2.24) is 5.32 Å². The van der Waals surface area contributed by atoms with Gasteiger partial charge in [-0.25, -0.2) is 0 Å². The van der Waals surface area contributed by atoms with E-state index in [1.165, 1.54) is 0 Å². The van der Waals surface area contributed by atoms with E-state index in [9.17, 15) is 4.79 Å². The highest BCUT2D eigenvalue weighted by Gasteiger charge is 2.08. The molecule has 1 aromatic rings. The lowest BCUT2D eigenvalue weighted by atomic mass is 10.2. The molecular weight excluding hydrogens is 194 g/mol. The molecule has 0 radical (unpaired) electrons. The Morgan fingerprint density at radius 3 is 2.53 bits per heavy atom. The molecule has 0 aromatic heterocycles. The third kappa shape index (κ3) is 3.25. The topological polar surface area (TPSA) is 58.6 Å². The average Bonchev–Trinajstić information content (AvgIpc) is 2.29. The molecule has 0 fully saturated rings. The van der Waals surface area contributed by atoms with Crippen LogP contribution in [0.15, 0.2) is 24.3 Å². The van der Waals surface area contributed by atoms with Crippen LogP contribution in [0.4, 0.5) is 0 Å². The van der Waals surface area contributed by atoms with Gasteiger partial charge in [0, 0.05) is 11.6 Å². The number of benzene rings is 1. The Bertz CT molecular complexity index is 321. The number of aliphatic hydroxyl groups excluding tert-OH is 1.